The van der Waals surface area contributed by atoms with E-state index in [1.807, 2.05) is 6.92 Å². The van der Waals surface area contributed by atoms with Crippen LogP contribution in [-0.4, -0.2) is 4.98 Å². The number of nitrogens with zero attached hydrogens (tertiary/aromatic N) is 1. The zero-order chi connectivity index (χ0) is 9.14. The minimum Gasteiger partial charge on any atom is -0.429 e. The lowest BCUT2D eigenvalue weighted by molar-refractivity contribution is 0.482. The maximum atomic E-state index is 5.41. The van der Waals surface area contributed by atoms with Crippen molar-refractivity contribution in [3.63, 3.8) is 0 Å². The van der Waals surface area contributed by atoms with Gasteiger partial charge in [0.25, 0.3) is 6.01 Å². The Balaban J connectivity index is 2.57. The molecule has 0 unspecified atom stereocenters. The van der Waals surface area contributed by atoms with Crippen LogP contribution in [-0.2, 0) is 6.42 Å². The first-order valence-electron chi connectivity index (χ1n) is 4.31. The Hall–Kier alpha value is -0.990. The third kappa shape index (κ3) is 2.26. The molecule has 2 N–H and O–H groups in total. The predicted octanol–water partition coefficient (Wildman–Crippen LogP) is 2.15. The molecule has 0 bridgehead atoms. The van der Waals surface area contributed by atoms with Crippen molar-refractivity contribution >= 4 is 6.01 Å². The zero-order valence-electron chi connectivity index (χ0n) is 7.92. The van der Waals surface area contributed by atoms with Crippen LogP contribution in [0.2, 0.25) is 0 Å². The summed E-state index contributed by atoms with van der Waals surface area (Å²) in [6.07, 6.45) is 2.06. The second-order valence-electron chi connectivity index (χ2n) is 3.49. The number of nitrogen functional groups attached to an aromatic ring is 1. The van der Waals surface area contributed by atoms with E-state index in [-0.39, 0.29) is 6.01 Å². The van der Waals surface area contributed by atoms with Crippen molar-refractivity contribution in [1.82, 2.24) is 4.98 Å². The molecule has 68 valence electrons. The van der Waals surface area contributed by atoms with E-state index in [1.165, 1.54) is 0 Å². The highest BCUT2D eigenvalue weighted by Crippen LogP contribution is 2.15. The Morgan fingerprint density at radius 1 is 1.50 bits per heavy atom. The van der Waals surface area contributed by atoms with E-state index in [9.17, 15) is 0 Å². The Kier molecular flexibility index (Phi) is 2.74. The molecule has 12 heavy (non-hydrogen) atoms. The van der Waals surface area contributed by atoms with Gasteiger partial charge >= 0.3 is 0 Å². The molecule has 0 aliphatic heterocycles. The average molecular weight is 168 g/mol. The van der Waals surface area contributed by atoms with Gasteiger partial charge in [0.2, 0.25) is 0 Å². The maximum Gasteiger partial charge on any atom is 0.292 e. The molecule has 1 aromatic heterocycles. The molecule has 1 heterocycles. The molecule has 1 rings (SSSR count). The highest BCUT2D eigenvalue weighted by molar-refractivity contribution is 5.18. The number of nitrogens with two attached hydrogens (primary N) is 1. The third-order valence-electron chi connectivity index (χ3n) is 1.86. The van der Waals surface area contributed by atoms with Gasteiger partial charge in [-0.15, -0.1) is 0 Å². The van der Waals surface area contributed by atoms with Gasteiger partial charge in [-0.2, -0.15) is 4.98 Å². The first kappa shape index (κ1) is 9.10. The van der Waals surface area contributed by atoms with Gasteiger partial charge in [-0.25, -0.2) is 0 Å². The molecule has 3 nitrogen and oxygen atoms in total. The molecule has 0 radical (unpaired) electrons. The molecule has 0 saturated heterocycles. The van der Waals surface area contributed by atoms with Gasteiger partial charge in [-0.3, -0.25) is 0 Å². The van der Waals surface area contributed by atoms with Crippen molar-refractivity contribution in [3.8, 4) is 0 Å². The topological polar surface area (TPSA) is 52.0 Å². The largest absolute Gasteiger partial charge is 0.429 e. The molecule has 0 aliphatic rings. The maximum absolute atomic E-state index is 5.41. The quantitative estimate of drug-likeness (QED) is 0.752. The number of rotatable bonds is 3. The van der Waals surface area contributed by atoms with Crippen molar-refractivity contribution in [2.75, 3.05) is 5.73 Å². The minimum atomic E-state index is 0.284. The number of aryl methyl sites for hydroxylation is 2. The lowest BCUT2D eigenvalue weighted by atomic mass is 10.1. The summed E-state index contributed by atoms with van der Waals surface area (Å²) in [4.78, 5) is 4.00. The van der Waals surface area contributed by atoms with Gasteiger partial charge in [0.1, 0.15) is 5.76 Å². The smallest absolute Gasteiger partial charge is 0.292 e. The van der Waals surface area contributed by atoms with Gasteiger partial charge in [0.05, 0.1) is 5.69 Å². The van der Waals surface area contributed by atoms with Crippen molar-refractivity contribution in [2.24, 2.45) is 5.92 Å². The standard InChI is InChI=1S/C9H16N2O/c1-6(2)4-5-8-7(3)11-9(10)12-8/h6H,4-5H2,1-3H3,(H2,10,11). The summed E-state index contributed by atoms with van der Waals surface area (Å²) < 4.78 is 5.23. The molecule has 0 saturated carbocycles. The molecule has 0 spiro atoms. The number of hydrogen-bond donors (Lipinski definition) is 1. The molecular formula is C9H16N2O. The van der Waals surface area contributed by atoms with Crippen molar-refractivity contribution in [2.45, 2.75) is 33.6 Å². The van der Waals surface area contributed by atoms with Crippen LogP contribution in [0.3, 0.4) is 0 Å². The molecule has 0 amide bonds. The van der Waals surface area contributed by atoms with E-state index >= 15 is 0 Å². The van der Waals surface area contributed by atoms with Crippen molar-refractivity contribution in [3.05, 3.63) is 11.5 Å². The molecule has 3 heteroatoms. The highest BCUT2D eigenvalue weighted by Gasteiger charge is 2.07. The van der Waals surface area contributed by atoms with E-state index in [0.29, 0.717) is 5.92 Å². The van der Waals surface area contributed by atoms with Crippen molar-refractivity contribution < 1.29 is 4.42 Å². The van der Waals surface area contributed by atoms with E-state index in [4.69, 9.17) is 10.2 Å². The van der Waals surface area contributed by atoms with Crippen LogP contribution in [0.4, 0.5) is 6.01 Å². The van der Waals surface area contributed by atoms with Crippen LogP contribution in [0.15, 0.2) is 4.42 Å². The van der Waals surface area contributed by atoms with E-state index in [0.717, 1.165) is 24.3 Å². The molecule has 0 aromatic carbocycles. The monoisotopic (exact) mass is 168 g/mol. The third-order valence-corrected chi connectivity index (χ3v) is 1.86. The predicted molar refractivity (Wildman–Crippen MR) is 48.8 cm³/mol. The average Bonchev–Trinajstić information content (AvgIpc) is 2.26. The molecule has 0 atom stereocenters. The van der Waals surface area contributed by atoms with Gasteiger partial charge in [0, 0.05) is 6.42 Å². The summed E-state index contributed by atoms with van der Waals surface area (Å²) in [5.74, 6) is 1.62. The number of hydrogen-bond acceptors (Lipinski definition) is 3. The van der Waals surface area contributed by atoms with Gasteiger partial charge < -0.3 is 10.2 Å². The lowest BCUT2D eigenvalue weighted by Gasteiger charge is -2.01. The Morgan fingerprint density at radius 3 is 2.58 bits per heavy atom. The van der Waals surface area contributed by atoms with Crippen LogP contribution >= 0.6 is 0 Å². The number of aromatic nitrogens is 1. The summed E-state index contributed by atoms with van der Waals surface area (Å²) in [6.45, 7) is 6.31. The summed E-state index contributed by atoms with van der Waals surface area (Å²) in [7, 11) is 0. The lowest BCUT2D eigenvalue weighted by Crippen LogP contribution is -1.92. The molecular weight excluding hydrogens is 152 g/mol. The first-order chi connectivity index (χ1) is 5.59. The van der Waals surface area contributed by atoms with Gasteiger partial charge in [-0.05, 0) is 19.3 Å². The van der Waals surface area contributed by atoms with E-state index in [1.54, 1.807) is 0 Å². The zero-order valence-corrected chi connectivity index (χ0v) is 7.92. The van der Waals surface area contributed by atoms with Crippen LogP contribution in [0, 0.1) is 12.8 Å². The fraction of sp³-hybridized carbons (Fsp3) is 0.667. The fourth-order valence-electron chi connectivity index (χ4n) is 1.10. The summed E-state index contributed by atoms with van der Waals surface area (Å²) in [5.41, 5.74) is 6.33. The summed E-state index contributed by atoms with van der Waals surface area (Å²) >= 11 is 0. The van der Waals surface area contributed by atoms with Crippen LogP contribution < -0.4 is 5.73 Å². The Morgan fingerprint density at radius 2 is 2.17 bits per heavy atom. The Labute approximate surface area is 73.0 Å². The SMILES string of the molecule is Cc1nc(N)oc1CCC(C)C. The van der Waals surface area contributed by atoms with Gasteiger partial charge in [-0.1, -0.05) is 13.8 Å². The molecule has 0 fully saturated rings. The van der Waals surface area contributed by atoms with Crippen LogP contribution in [0.1, 0.15) is 31.7 Å². The van der Waals surface area contributed by atoms with E-state index in [2.05, 4.69) is 18.8 Å². The van der Waals surface area contributed by atoms with Crippen LogP contribution in [0.25, 0.3) is 0 Å². The van der Waals surface area contributed by atoms with Crippen molar-refractivity contribution in [1.29, 1.82) is 0 Å². The Bertz CT molecular complexity index is 253. The summed E-state index contributed by atoms with van der Waals surface area (Å²) in [6, 6.07) is 0.284. The second kappa shape index (κ2) is 3.61. The number of oxazole rings is 1. The second-order valence-corrected chi connectivity index (χ2v) is 3.49. The highest BCUT2D eigenvalue weighted by atomic mass is 16.4. The minimum absolute atomic E-state index is 0.284. The summed E-state index contributed by atoms with van der Waals surface area (Å²) in [5, 5.41) is 0. The fourth-order valence-corrected chi connectivity index (χ4v) is 1.10. The van der Waals surface area contributed by atoms with Crippen LogP contribution in [0.5, 0.6) is 0 Å². The normalized spacial score (nSPS) is 11.0. The number of anilines is 1. The molecule has 0 aliphatic carbocycles. The first-order valence-corrected chi connectivity index (χ1v) is 4.31. The molecule has 1 aromatic rings. The van der Waals surface area contributed by atoms with Gasteiger partial charge in [0.15, 0.2) is 0 Å². The van der Waals surface area contributed by atoms with E-state index < -0.39 is 0 Å².